The summed E-state index contributed by atoms with van der Waals surface area (Å²) in [6.45, 7) is 0.647. The van der Waals surface area contributed by atoms with Gasteiger partial charge in [0, 0.05) is 17.5 Å². The fourth-order valence-corrected chi connectivity index (χ4v) is 2.44. The molecule has 0 atom stereocenters. The zero-order valence-electron chi connectivity index (χ0n) is 8.73. The van der Waals surface area contributed by atoms with Crippen LogP contribution in [0.2, 0.25) is 0 Å². The molecule has 1 aromatic rings. The van der Waals surface area contributed by atoms with Gasteiger partial charge in [-0.2, -0.15) is 0 Å². The van der Waals surface area contributed by atoms with Gasteiger partial charge in [0.2, 0.25) is 0 Å². The van der Waals surface area contributed by atoms with Crippen LogP contribution in [-0.2, 0) is 4.79 Å². The first-order valence-electron chi connectivity index (χ1n) is 5.11. The highest BCUT2D eigenvalue weighted by Gasteiger charge is 2.09. The molecule has 1 aromatic carbocycles. The number of thioether (sulfide) groups is 1. The van der Waals surface area contributed by atoms with Crippen LogP contribution >= 0.6 is 11.8 Å². The Bertz CT molecular complexity index is 395. The minimum atomic E-state index is -0.961. The van der Waals surface area contributed by atoms with E-state index in [-0.39, 0.29) is 6.61 Å². The van der Waals surface area contributed by atoms with Crippen molar-refractivity contribution in [1.29, 1.82) is 0 Å². The molecule has 16 heavy (non-hydrogen) atoms. The van der Waals surface area contributed by atoms with Crippen molar-refractivity contribution in [3.63, 3.8) is 0 Å². The lowest BCUT2D eigenvalue weighted by atomic mass is 10.3. The minimum Gasteiger partial charge on any atom is -0.482 e. The number of carbonyl (C=O) groups is 1. The van der Waals surface area contributed by atoms with Crippen LogP contribution in [0.1, 0.15) is 6.42 Å². The summed E-state index contributed by atoms with van der Waals surface area (Å²) < 4.78 is 5.13. The van der Waals surface area contributed by atoms with Crippen molar-refractivity contribution in [1.82, 2.24) is 0 Å². The second-order valence-corrected chi connectivity index (χ2v) is 4.61. The average molecular weight is 239 g/mol. The summed E-state index contributed by atoms with van der Waals surface area (Å²) in [5.74, 6) is 0.739. The van der Waals surface area contributed by atoms with Crippen molar-refractivity contribution in [3.8, 4) is 5.75 Å². The van der Waals surface area contributed by atoms with E-state index in [1.807, 2.05) is 30.0 Å². The Morgan fingerprint density at radius 2 is 2.44 bits per heavy atom. The summed E-state index contributed by atoms with van der Waals surface area (Å²) in [6, 6.07) is 5.63. The molecule has 0 aliphatic carbocycles. The molecule has 5 heteroatoms. The van der Waals surface area contributed by atoms with Gasteiger partial charge in [0.1, 0.15) is 5.75 Å². The lowest BCUT2D eigenvalue weighted by molar-refractivity contribution is -0.139. The number of nitrogens with one attached hydrogen (secondary N) is 1. The second kappa shape index (κ2) is 5.12. The number of carboxylic acid groups (broad SMARTS) is 1. The van der Waals surface area contributed by atoms with E-state index in [2.05, 4.69) is 5.32 Å². The molecular formula is C11H13NO3S. The Morgan fingerprint density at radius 3 is 3.25 bits per heavy atom. The van der Waals surface area contributed by atoms with Gasteiger partial charge >= 0.3 is 5.97 Å². The van der Waals surface area contributed by atoms with Crippen molar-refractivity contribution in [2.75, 3.05) is 24.2 Å². The topological polar surface area (TPSA) is 58.6 Å². The van der Waals surface area contributed by atoms with Crippen LogP contribution in [0, 0.1) is 0 Å². The van der Waals surface area contributed by atoms with Gasteiger partial charge in [-0.05, 0) is 24.3 Å². The molecule has 0 unspecified atom stereocenters. The molecule has 4 nitrogen and oxygen atoms in total. The second-order valence-electron chi connectivity index (χ2n) is 3.47. The van der Waals surface area contributed by atoms with E-state index in [0.29, 0.717) is 5.75 Å². The van der Waals surface area contributed by atoms with Crippen LogP contribution in [0.3, 0.4) is 0 Å². The van der Waals surface area contributed by atoms with Crippen molar-refractivity contribution in [2.24, 2.45) is 0 Å². The largest absolute Gasteiger partial charge is 0.482 e. The van der Waals surface area contributed by atoms with E-state index in [1.165, 1.54) is 4.90 Å². The molecule has 0 bridgehead atoms. The van der Waals surface area contributed by atoms with Crippen LogP contribution in [0.15, 0.2) is 23.1 Å². The van der Waals surface area contributed by atoms with Gasteiger partial charge in [0.25, 0.3) is 0 Å². The Kier molecular flexibility index (Phi) is 3.56. The van der Waals surface area contributed by atoms with Gasteiger partial charge in [0.15, 0.2) is 6.61 Å². The molecule has 0 aromatic heterocycles. The first-order chi connectivity index (χ1) is 7.75. The number of rotatable bonds is 3. The molecule has 0 radical (unpaired) electrons. The van der Waals surface area contributed by atoms with E-state index in [0.717, 1.165) is 24.4 Å². The molecular weight excluding hydrogens is 226 g/mol. The van der Waals surface area contributed by atoms with Gasteiger partial charge in [-0.1, -0.05) is 0 Å². The standard InChI is InChI=1S/C11H13NO3S/c13-11(14)7-15-8-2-3-10-9(6-8)12-4-1-5-16-10/h2-3,6,12H,1,4-5,7H2,(H,13,14). The third-order valence-electron chi connectivity index (χ3n) is 2.21. The molecule has 0 saturated heterocycles. The molecule has 1 aliphatic heterocycles. The number of hydrogen-bond acceptors (Lipinski definition) is 4. The lowest BCUT2D eigenvalue weighted by Crippen LogP contribution is -2.09. The van der Waals surface area contributed by atoms with Gasteiger partial charge in [-0.3, -0.25) is 0 Å². The van der Waals surface area contributed by atoms with Crippen molar-refractivity contribution in [2.45, 2.75) is 11.3 Å². The highest BCUT2D eigenvalue weighted by Crippen LogP contribution is 2.33. The molecule has 2 N–H and O–H groups in total. The fraction of sp³-hybridized carbons (Fsp3) is 0.364. The number of anilines is 1. The normalized spacial score (nSPS) is 14.5. The first kappa shape index (κ1) is 11.1. The Labute approximate surface area is 98.0 Å². The summed E-state index contributed by atoms with van der Waals surface area (Å²) in [7, 11) is 0. The van der Waals surface area contributed by atoms with Crippen molar-refractivity contribution < 1.29 is 14.6 Å². The minimum absolute atomic E-state index is 0.300. The van der Waals surface area contributed by atoms with Crippen LogP contribution in [0.25, 0.3) is 0 Å². The van der Waals surface area contributed by atoms with E-state index >= 15 is 0 Å². The number of ether oxygens (including phenoxy) is 1. The summed E-state index contributed by atoms with van der Waals surface area (Å²) in [5, 5.41) is 11.8. The van der Waals surface area contributed by atoms with E-state index in [1.54, 1.807) is 0 Å². The predicted molar refractivity (Wildman–Crippen MR) is 63.4 cm³/mol. The summed E-state index contributed by atoms with van der Waals surface area (Å²) >= 11 is 1.81. The smallest absolute Gasteiger partial charge is 0.341 e. The number of aliphatic carboxylic acids is 1. The molecule has 0 saturated carbocycles. The maximum atomic E-state index is 10.4. The average Bonchev–Trinajstić information content (AvgIpc) is 2.50. The quantitative estimate of drug-likeness (QED) is 0.845. The van der Waals surface area contributed by atoms with Crippen LogP contribution in [0.4, 0.5) is 5.69 Å². The van der Waals surface area contributed by atoms with Crippen LogP contribution in [0.5, 0.6) is 5.75 Å². The van der Waals surface area contributed by atoms with Crippen LogP contribution < -0.4 is 10.1 Å². The zero-order chi connectivity index (χ0) is 11.4. The summed E-state index contributed by atoms with van der Waals surface area (Å²) in [4.78, 5) is 11.6. The summed E-state index contributed by atoms with van der Waals surface area (Å²) in [5.41, 5.74) is 1.03. The maximum Gasteiger partial charge on any atom is 0.341 e. The molecule has 1 aliphatic rings. The van der Waals surface area contributed by atoms with Gasteiger partial charge in [-0.25, -0.2) is 4.79 Å². The van der Waals surface area contributed by atoms with Gasteiger partial charge < -0.3 is 15.2 Å². The highest BCUT2D eigenvalue weighted by molar-refractivity contribution is 7.99. The monoisotopic (exact) mass is 239 g/mol. The molecule has 2 rings (SSSR count). The van der Waals surface area contributed by atoms with Gasteiger partial charge in [0.05, 0.1) is 5.69 Å². The highest BCUT2D eigenvalue weighted by atomic mass is 32.2. The SMILES string of the molecule is O=C(O)COc1ccc2c(c1)NCCCS2. The van der Waals surface area contributed by atoms with Gasteiger partial charge in [-0.15, -0.1) is 11.8 Å². The number of carboxylic acids is 1. The fourth-order valence-electron chi connectivity index (χ4n) is 1.49. The van der Waals surface area contributed by atoms with E-state index in [9.17, 15) is 4.79 Å². The predicted octanol–water partition coefficient (Wildman–Crippen LogP) is 2.06. The molecule has 86 valence electrons. The number of benzene rings is 1. The lowest BCUT2D eigenvalue weighted by Gasteiger charge is -2.09. The van der Waals surface area contributed by atoms with E-state index in [4.69, 9.17) is 9.84 Å². The summed E-state index contributed by atoms with van der Waals surface area (Å²) in [6.07, 6.45) is 1.13. The zero-order valence-corrected chi connectivity index (χ0v) is 9.55. The van der Waals surface area contributed by atoms with Crippen LogP contribution in [-0.4, -0.2) is 30.0 Å². The molecule has 0 fully saturated rings. The van der Waals surface area contributed by atoms with Crippen molar-refractivity contribution in [3.05, 3.63) is 18.2 Å². The Morgan fingerprint density at radius 1 is 1.56 bits per heavy atom. The molecule has 0 spiro atoms. The third-order valence-corrected chi connectivity index (χ3v) is 3.37. The molecule has 1 heterocycles. The maximum absolute atomic E-state index is 10.4. The third kappa shape index (κ3) is 2.82. The number of hydrogen-bond donors (Lipinski definition) is 2. The Balaban J connectivity index is 2.11. The van der Waals surface area contributed by atoms with E-state index < -0.39 is 5.97 Å². The first-order valence-corrected chi connectivity index (χ1v) is 6.09. The van der Waals surface area contributed by atoms with Crippen molar-refractivity contribution >= 4 is 23.4 Å². The molecule has 0 amide bonds. The Hall–Kier alpha value is -1.36. The number of fused-ring (bicyclic) bond motifs is 1.